The number of carbonyl (C=O) groups is 1. The lowest BCUT2D eigenvalue weighted by Gasteiger charge is -2.22. The van der Waals surface area contributed by atoms with E-state index in [0.717, 1.165) is 30.8 Å². The van der Waals surface area contributed by atoms with E-state index in [1.807, 2.05) is 10.9 Å². The molecule has 0 radical (unpaired) electrons. The fourth-order valence-electron chi connectivity index (χ4n) is 2.90. The first-order valence-corrected chi connectivity index (χ1v) is 6.98. The van der Waals surface area contributed by atoms with Crippen molar-refractivity contribution >= 4 is 6.09 Å². The molecule has 0 aliphatic carbocycles. The molecule has 0 bridgehead atoms. The molecular weight excluding hydrogens is 244 g/mol. The molecule has 0 unspecified atom stereocenters. The number of hydrogen-bond donors (Lipinski definition) is 1. The predicted octanol–water partition coefficient (Wildman–Crippen LogP) is 1.01. The maximum Gasteiger partial charge on any atom is 0.407 e. The van der Waals surface area contributed by atoms with Crippen LogP contribution < -0.4 is 0 Å². The van der Waals surface area contributed by atoms with Crippen molar-refractivity contribution < 1.29 is 9.90 Å². The van der Waals surface area contributed by atoms with Gasteiger partial charge in [-0.3, -0.25) is 4.68 Å². The minimum Gasteiger partial charge on any atom is -0.465 e. The molecule has 19 heavy (non-hydrogen) atoms. The zero-order chi connectivity index (χ0) is 13.2. The van der Waals surface area contributed by atoms with Gasteiger partial charge in [0.25, 0.3) is 0 Å². The third-order valence-electron chi connectivity index (χ3n) is 4.02. The van der Waals surface area contributed by atoms with Gasteiger partial charge in [-0.1, -0.05) is 0 Å². The molecule has 1 saturated heterocycles. The van der Waals surface area contributed by atoms with Gasteiger partial charge in [0.2, 0.25) is 0 Å². The van der Waals surface area contributed by atoms with E-state index in [2.05, 4.69) is 10.00 Å². The largest absolute Gasteiger partial charge is 0.465 e. The number of rotatable bonds is 3. The van der Waals surface area contributed by atoms with Crippen molar-refractivity contribution in [2.24, 2.45) is 0 Å². The lowest BCUT2D eigenvalue weighted by molar-refractivity contribution is 0.140. The lowest BCUT2D eigenvalue weighted by atomic mass is 10.1. The predicted molar refractivity (Wildman–Crippen MR) is 70.0 cm³/mol. The van der Waals surface area contributed by atoms with Gasteiger partial charge in [-0.15, -0.1) is 0 Å². The molecule has 0 saturated carbocycles. The van der Waals surface area contributed by atoms with E-state index in [4.69, 9.17) is 5.11 Å². The maximum atomic E-state index is 11.0. The molecule has 6 nitrogen and oxygen atoms in total. The monoisotopic (exact) mass is 264 g/mol. The summed E-state index contributed by atoms with van der Waals surface area (Å²) in [5, 5.41) is 13.6. The molecule has 3 rings (SSSR count). The number of nitrogens with zero attached hydrogens (tertiary/aromatic N) is 4. The smallest absolute Gasteiger partial charge is 0.407 e. The topological polar surface area (TPSA) is 61.6 Å². The van der Waals surface area contributed by atoms with Crippen LogP contribution in [0.1, 0.15) is 24.1 Å². The van der Waals surface area contributed by atoms with Crippen LogP contribution in [0.15, 0.2) is 6.20 Å². The van der Waals surface area contributed by atoms with Crippen molar-refractivity contribution in [2.75, 3.05) is 26.2 Å². The van der Waals surface area contributed by atoms with E-state index in [1.165, 1.54) is 30.8 Å². The number of hydrogen-bond acceptors (Lipinski definition) is 3. The zero-order valence-electron chi connectivity index (χ0n) is 11.1. The second kappa shape index (κ2) is 5.21. The molecule has 2 aliphatic heterocycles. The molecule has 0 aromatic carbocycles. The van der Waals surface area contributed by atoms with Gasteiger partial charge in [0.05, 0.1) is 18.8 Å². The van der Waals surface area contributed by atoms with Gasteiger partial charge < -0.3 is 14.9 Å². The lowest BCUT2D eigenvalue weighted by Crippen LogP contribution is -2.34. The number of likely N-dealkylation sites (tertiary alicyclic amines) is 1. The molecule has 6 heteroatoms. The third-order valence-corrected chi connectivity index (χ3v) is 4.02. The van der Waals surface area contributed by atoms with Gasteiger partial charge in [0.1, 0.15) is 0 Å². The highest BCUT2D eigenvalue weighted by molar-refractivity contribution is 5.65. The van der Waals surface area contributed by atoms with Gasteiger partial charge in [-0.2, -0.15) is 5.10 Å². The SMILES string of the molecule is O=C(O)N1CCc2nn(CCN3CCCC3)cc2C1. The fraction of sp³-hybridized carbons (Fsp3) is 0.692. The molecule has 1 aromatic rings. The average molecular weight is 264 g/mol. The van der Waals surface area contributed by atoms with Crippen LogP contribution in [0.4, 0.5) is 4.79 Å². The van der Waals surface area contributed by atoms with Crippen LogP contribution in [0.3, 0.4) is 0 Å². The van der Waals surface area contributed by atoms with Crippen molar-refractivity contribution in [1.29, 1.82) is 0 Å². The van der Waals surface area contributed by atoms with Gasteiger partial charge >= 0.3 is 6.09 Å². The number of fused-ring (bicyclic) bond motifs is 1. The minimum absolute atomic E-state index is 0.481. The van der Waals surface area contributed by atoms with Gasteiger partial charge in [-0.25, -0.2) is 4.79 Å². The molecule has 2 aliphatic rings. The Hall–Kier alpha value is -1.56. The van der Waals surface area contributed by atoms with Crippen LogP contribution in [-0.2, 0) is 19.5 Å². The Morgan fingerprint density at radius 2 is 2.05 bits per heavy atom. The van der Waals surface area contributed by atoms with E-state index >= 15 is 0 Å². The summed E-state index contributed by atoms with van der Waals surface area (Å²) in [6.07, 6.45) is 4.53. The van der Waals surface area contributed by atoms with Crippen LogP contribution in [0, 0.1) is 0 Å². The van der Waals surface area contributed by atoms with Gasteiger partial charge in [0, 0.05) is 31.3 Å². The zero-order valence-corrected chi connectivity index (χ0v) is 11.1. The highest BCUT2D eigenvalue weighted by Gasteiger charge is 2.22. The summed E-state index contributed by atoms with van der Waals surface area (Å²) >= 11 is 0. The highest BCUT2D eigenvalue weighted by Crippen LogP contribution is 2.17. The average Bonchev–Trinajstić information content (AvgIpc) is 3.04. The Morgan fingerprint density at radius 3 is 2.79 bits per heavy atom. The highest BCUT2D eigenvalue weighted by atomic mass is 16.4. The van der Waals surface area contributed by atoms with Crippen LogP contribution in [-0.4, -0.2) is 57.0 Å². The first kappa shape index (κ1) is 12.5. The number of carboxylic acid groups (broad SMARTS) is 1. The third kappa shape index (κ3) is 2.73. The number of aromatic nitrogens is 2. The van der Waals surface area contributed by atoms with E-state index < -0.39 is 6.09 Å². The summed E-state index contributed by atoms with van der Waals surface area (Å²) in [6.45, 7) is 5.39. The van der Waals surface area contributed by atoms with Crippen molar-refractivity contribution in [3.8, 4) is 0 Å². The Bertz CT molecular complexity index is 465. The molecule has 0 atom stereocenters. The molecule has 104 valence electrons. The summed E-state index contributed by atoms with van der Waals surface area (Å²) in [6, 6.07) is 0. The van der Waals surface area contributed by atoms with Crippen molar-refractivity contribution in [2.45, 2.75) is 32.4 Å². The maximum absolute atomic E-state index is 11.0. The van der Waals surface area contributed by atoms with Crippen LogP contribution in [0.25, 0.3) is 0 Å². The molecule has 0 spiro atoms. The first-order chi connectivity index (χ1) is 9.22. The molecule has 1 aromatic heterocycles. The molecule has 1 fully saturated rings. The quantitative estimate of drug-likeness (QED) is 0.885. The summed E-state index contributed by atoms with van der Waals surface area (Å²) in [4.78, 5) is 14.9. The van der Waals surface area contributed by atoms with Crippen molar-refractivity contribution in [3.05, 3.63) is 17.5 Å². The van der Waals surface area contributed by atoms with E-state index in [1.54, 1.807) is 0 Å². The second-order valence-electron chi connectivity index (χ2n) is 5.37. The van der Waals surface area contributed by atoms with Gasteiger partial charge in [-0.05, 0) is 25.9 Å². The fourth-order valence-corrected chi connectivity index (χ4v) is 2.90. The standard InChI is InChI=1S/C13H20N4O2/c18-13(19)16-6-3-12-11(9-16)10-17(14-12)8-7-15-4-1-2-5-15/h10H,1-9H2,(H,18,19). The summed E-state index contributed by atoms with van der Waals surface area (Å²) in [7, 11) is 0. The Balaban J connectivity index is 1.61. The first-order valence-electron chi connectivity index (χ1n) is 6.98. The van der Waals surface area contributed by atoms with E-state index in [9.17, 15) is 4.79 Å². The van der Waals surface area contributed by atoms with Gasteiger partial charge in [0.15, 0.2) is 0 Å². The minimum atomic E-state index is -0.838. The summed E-state index contributed by atoms with van der Waals surface area (Å²) in [5.74, 6) is 0. The van der Waals surface area contributed by atoms with Crippen molar-refractivity contribution in [1.82, 2.24) is 19.6 Å². The van der Waals surface area contributed by atoms with E-state index in [0.29, 0.717) is 13.1 Å². The summed E-state index contributed by atoms with van der Waals surface area (Å²) in [5.41, 5.74) is 2.13. The Kier molecular flexibility index (Phi) is 3.42. The second-order valence-corrected chi connectivity index (χ2v) is 5.37. The molecule has 3 heterocycles. The Labute approximate surface area is 112 Å². The van der Waals surface area contributed by atoms with Crippen molar-refractivity contribution in [3.63, 3.8) is 0 Å². The molecule has 1 amide bonds. The van der Waals surface area contributed by atoms with Crippen LogP contribution in [0.2, 0.25) is 0 Å². The molecule has 1 N–H and O–H groups in total. The van der Waals surface area contributed by atoms with E-state index in [-0.39, 0.29) is 0 Å². The van der Waals surface area contributed by atoms with Crippen LogP contribution in [0.5, 0.6) is 0 Å². The normalized spacial score (nSPS) is 19.7. The summed E-state index contributed by atoms with van der Waals surface area (Å²) < 4.78 is 1.98. The Morgan fingerprint density at radius 1 is 1.26 bits per heavy atom. The molecular formula is C13H20N4O2. The number of amides is 1. The van der Waals surface area contributed by atoms with Crippen LogP contribution >= 0.6 is 0 Å².